The maximum Gasteiger partial charge on any atom is 0.257 e. The number of piperazine rings is 1. The third-order valence-electron chi connectivity index (χ3n) is 5.74. The van der Waals surface area contributed by atoms with Crippen LogP contribution in [0, 0.1) is 12.7 Å². The van der Waals surface area contributed by atoms with Crippen molar-refractivity contribution in [3.05, 3.63) is 71.0 Å². The van der Waals surface area contributed by atoms with Gasteiger partial charge in [-0.2, -0.15) is 5.10 Å². The molecule has 2 aromatic rings. The van der Waals surface area contributed by atoms with Gasteiger partial charge in [0, 0.05) is 38.2 Å². The fraction of sp³-hybridized carbons (Fsp3) is 0.391. The molecule has 0 N–H and O–H groups in total. The Morgan fingerprint density at radius 3 is 2.52 bits per heavy atom. The average Bonchev–Trinajstić information content (AvgIpc) is 3.16. The Morgan fingerprint density at radius 1 is 1.10 bits per heavy atom. The van der Waals surface area contributed by atoms with Gasteiger partial charge in [0.05, 0.1) is 18.3 Å². The Kier molecular flexibility index (Phi) is 5.74. The molecule has 0 spiro atoms. The van der Waals surface area contributed by atoms with Crippen molar-refractivity contribution in [1.29, 1.82) is 0 Å². The fourth-order valence-electron chi connectivity index (χ4n) is 3.90. The van der Waals surface area contributed by atoms with Gasteiger partial charge in [-0.1, -0.05) is 42.0 Å². The molecule has 2 aliphatic rings. The fourth-order valence-corrected chi connectivity index (χ4v) is 3.90. The van der Waals surface area contributed by atoms with Crippen LogP contribution in [0.2, 0.25) is 0 Å². The van der Waals surface area contributed by atoms with Gasteiger partial charge in [-0.05, 0) is 31.7 Å². The summed E-state index contributed by atoms with van der Waals surface area (Å²) in [6.07, 6.45) is 0.584. The minimum Gasteiger partial charge on any atom is -0.304 e. The minimum absolute atomic E-state index is 0.00784. The second kappa shape index (κ2) is 8.43. The van der Waals surface area contributed by atoms with Crippen LogP contribution in [0.1, 0.15) is 29.2 Å². The first-order valence-corrected chi connectivity index (χ1v) is 10.1. The molecule has 29 heavy (non-hydrogen) atoms. The molecule has 1 amide bonds. The summed E-state index contributed by atoms with van der Waals surface area (Å²) in [5.74, 6) is -0.300. The maximum absolute atomic E-state index is 13.7. The summed E-state index contributed by atoms with van der Waals surface area (Å²) >= 11 is 0. The molecule has 1 fully saturated rings. The van der Waals surface area contributed by atoms with Crippen LogP contribution in [0.3, 0.4) is 0 Å². The highest BCUT2D eigenvalue weighted by Crippen LogP contribution is 2.33. The summed E-state index contributed by atoms with van der Waals surface area (Å²) in [6, 6.07) is 14.5. The highest BCUT2D eigenvalue weighted by Gasteiger charge is 2.34. The van der Waals surface area contributed by atoms with E-state index in [1.54, 1.807) is 11.1 Å². The van der Waals surface area contributed by atoms with Crippen molar-refractivity contribution < 1.29 is 9.18 Å². The van der Waals surface area contributed by atoms with Crippen LogP contribution in [0.25, 0.3) is 0 Å². The van der Waals surface area contributed by atoms with Gasteiger partial charge in [-0.3, -0.25) is 9.69 Å². The molecule has 0 radical (unpaired) electrons. The Balaban J connectivity index is 1.58. The van der Waals surface area contributed by atoms with E-state index in [4.69, 9.17) is 0 Å². The molecule has 1 atom stereocenters. The predicted molar refractivity (Wildman–Crippen MR) is 112 cm³/mol. The molecule has 2 aromatic carbocycles. The van der Waals surface area contributed by atoms with E-state index in [0.29, 0.717) is 13.0 Å². The van der Waals surface area contributed by atoms with Crippen LogP contribution in [0.15, 0.2) is 53.6 Å². The third-order valence-corrected chi connectivity index (χ3v) is 5.74. The van der Waals surface area contributed by atoms with Crippen molar-refractivity contribution in [2.24, 2.45) is 5.10 Å². The Labute approximate surface area is 171 Å². The monoisotopic (exact) mass is 394 g/mol. The molecule has 0 aromatic heterocycles. The molecule has 6 heteroatoms. The third kappa shape index (κ3) is 4.54. The van der Waals surface area contributed by atoms with Gasteiger partial charge in [0.15, 0.2) is 0 Å². The highest BCUT2D eigenvalue weighted by atomic mass is 19.1. The van der Waals surface area contributed by atoms with E-state index in [0.717, 1.165) is 43.0 Å². The molecule has 5 nitrogen and oxygen atoms in total. The van der Waals surface area contributed by atoms with Crippen molar-refractivity contribution in [2.45, 2.75) is 19.4 Å². The summed E-state index contributed by atoms with van der Waals surface area (Å²) in [5.41, 5.74) is 3.71. The summed E-state index contributed by atoms with van der Waals surface area (Å²) in [6.45, 7) is 6.09. The number of carbonyl (C=O) groups excluding carboxylic acids is 1. The zero-order valence-corrected chi connectivity index (χ0v) is 17.0. The zero-order chi connectivity index (χ0) is 20.4. The molecule has 0 unspecified atom stereocenters. The number of likely N-dealkylation sites (N-methyl/N-ethyl adjacent to an activating group) is 1. The number of hydrogen-bond donors (Lipinski definition) is 0. The van der Waals surface area contributed by atoms with E-state index in [2.05, 4.69) is 46.2 Å². The smallest absolute Gasteiger partial charge is 0.257 e. The lowest BCUT2D eigenvalue weighted by atomic mass is 9.97. The van der Waals surface area contributed by atoms with Crippen LogP contribution in [0.4, 0.5) is 4.39 Å². The second-order valence-corrected chi connectivity index (χ2v) is 8.01. The predicted octanol–water partition coefficient (Wildman–Crippen LogP) is 3.06. The molecular weight excluding hydrogens is 367 g/mol. The molecule has 2 aliphatic heterocycles. The van der Waals surface area contributed by atoms with Crippen LogP contribution < -0.4 is 0 Å². The van der Waals surface area contributed by atoms with E-state index in [1.165, 1.54) is 17.7 Å². The summed E-state index contributed by atoms with van der Waals surface area (Å²) in [7, 11) is 2.10. The van der Waals surface area contributed by atoms with Crippen LogP contribution >= 0.6 is 0 Å². The molecule has 0 saturated carbocycles. The Hall–Kier alpha value is -2.57. The van der Waals surface area contributed by atoms with Gasteiger partial charge in [0.25, 0.3) is 5.91 Å². The maximum atomic E-state index is 13.7. The van der Waals surface area contributed by atoms with Crippen molar-refractivity contribution in [2.75, 3.05) is 39.8 Å². The van der Waals surface area contributed by atoms with Crippen molar-refractivity contribution >= 4 is 11.6 Å². The van der Waals surface area contributed by atoms with Crippen molar-refractivity contribution in [3.8, 4) is 0 Å². The Bertz CT molecular complexity index is 903. The molecule has 152 valence electrons. The van der Waals surface area contributed by atoms with Gasteiger partial charge in [0.2, 0.25) is 0 Å². The molecule has 0 bridgehead atoms. The van der Waals surface area contributed by atoms with Gasteiger partial charge < -0.3 is 4.90 Å². The molecule has 2 heterocycles. The molecule has 4 rings (SSSR count). The van der Waals surface area contributed by atoms with Gasteiger partial charge >= 0.3 is 0 Å². The number of amides is 1. The zero-order valence-electron chi connectivity index (χ0n) is 17.0. The minimum atomic E-state index is -0.292. The molecule has 1 saturated heterocycles. The number of nitrogens with zero attached hydrogens (tertiary/aromatic N) is 4. The van der Waals surface area contributed by atoms with E-state index in [-0.39, 0.29) is 17.8 Å². The topological polar surface area (TPSA) is 39.2 Å². The summed E-state index contributed by atoms with van der Waals surface area (Å²) in [5, 5.41) is 6.27. The summed E-state index contributed by atoms with van der Waals surface area (Å²) < 4.78 is 13.7. The number of rotatable bonds is 4. The summed E-state index contributed by atoms with van der Waals surface area (Å²) in [4.78, 5) is 17.6. The number of benzene rings is 2. The first-order chi connectivity index (χ1) is 14.0. The van der Waals surface area contributed by atoms with E-state index in [9.17, 15) is 9.18 Å². The number of halogens is 1. The van der Waals surface area contributed by atoms with Gasteiger partial charge in [0.1, 0.15) is 5.82 Å². The molecular formula is C23H27FN4O. The van der Waals surface area contributed by atoms with E-state index >= 15 is 0 Å². The standard InChI is InChI=1S/C23H27FN4O/c1-17-6-8-18(9-7-17)22-15-21(19-4-3-5-20(24)14-19)25-28(22)23(29)16-27-12-10-26(2)11-13-27/h3-9,14,22H,10-13,15-16H2,1-2H3/t22-/m1/s1. The first-order valence-electron chi connectivity index (χ1n) is 10.1. The lowest BCUT2D eigenvalue weighted by molar-refractivity contribution is -0.134. The van der Waals surface area contributed by atoms with Crippen LogP contribution in [-0.4, -0.2) is 66.2 Å². The number of carbonyl (C=O) groups is 1. The van der Waals surface area contributed by atoms with Crippen LogP contribution in [0.5, 0.6) is 0 Å². The highest BCUT2D eigenvalue weighted by molar-refractivity contribution is 6.03. The van der Waals surface area contributed by atoms with Crippen molar-refractivity contribution in [3.63, 3.8) is 0 Å². The second-order valence-electron chi connectivity index (χ2n) is 8.01. The SMILES string of the molecule is Cc1ccc([C@H]2CC(c3cccc(F)c3)=NN2C(=O)CN2CCN(C)CC2)cc1. The number of aryl methyl sites for hydroxylation is 1. The van der Waals surface area contributed by atoms with Crippen molar-refractivity contribution in [1.82, 2.24) is 14.8 Å². The average molecular weight is 394 g/mol. The first kappa shape index (κ1) is 19.7. The quantitative estimate of drug-likeness (QED) is 0.800. The lowest BCUT2D eigenvalue weighted by Gasteiger charge is -2.33. The Morgan fingerprint density at radius 2 is 1.83 bits per heavy atom. The normalized spacial score (nSPS) is 20.7. The number of hydrazone groups is 1. The van der Waals surface area contributed by atoms with Crippen LogP contribution in [-0.2, 0) is 4.79 Å². The lowest BCUT2D eigenvalue weighted by Crippen LogP contribution is -2.48. The largest absolute Gasteiger partial charge is 0.304 e. The van der Waals surface area contributed by atoms with E-state index in [1.807, 2.05) is 13.0 Å². The number of hydrogen-bond acceptors (Lipinski definition) is 4. The van der Waals surface area contributed by atoms with Gasteiger partial charge in [-0.25, -0.2) is 9.40 Å². The molecule has 0 aliphatic carbocycles. The van der Waals surface area contributed by atoms with E-state index < -0.39 is 0 Å². The van der Waals surface area contributed by atoms with Gasteiger partial charge in [-0.15, -0.1) is 0 Å².